The lowest BCUT2D eigenvalue weighted by molar-refractivity contribution is -0.142. The van der Waals surface area contributed by atoms with E-state index in [0.29, 0.717) is 55.8 Å². The van der Waals surface area contributed by atoms with Crippen LogP contribution >= 0.6 is 0 Å². The van der Waals surface area contributed by atoms with Crippen LogP contribution in [0.15, 0.2) is 6.33 Å². The largest absolute Gasteiger partial charge is 0.457 e. The first kappa shape index (κ1) is 27.1. The zero-order chi connectivity index (χ0) is 27.4. The third kappa shape index (κ3) is 5.48. The second-order valence-electron chi connectivity index (χ2n) is 9.04. The molecule has 0 spiro atoms. The first-order chi connectivity index (χ1) is 19.1. The summed E-state index contributed by atoms with van der Waals surface area (Å²) in [5.74, 6) is 0.914. The maximum Gasteiger partial charge on any atom is 0.293 e. The lowest BCUT2D eigenvalue weighted by atomic mass is 10.1. The summed E-state index contributed by atoms with van der Waals surface area (Å²) < 4.78 is 18.4. The third-order valence-electron chi connectivity index (χ3n) is 6.78. The number of aryl methyl sites for hydroxylation is 1. The summed E-state index contributed by atoms with van der Waals surface area (Å²) in [7, 11) is 0. The van der Waals surface area contributed by atoms with Gasteiger partial charge in [0, 0.05) is 32.7 Å². The number of imidazole rings is 1. The predicted molar refractivity (Wildman–Crippen MR) is 134 cm³/mol. The van der Waals surface area contributed by atoms with E-state index < -0.39 is 24.5 Å². The van der Waals surface area contributed by atoms with Gasteiger partial charge in [-0.05, 0) is 19.1 Å². The van der Waals surface area contributed by atoms with Gasteiger partial charge in [0.05, 0.1) is 26.1 Å². The van der Waals surface area contributed by atoms with Crippen LogP contribution < -0.4 is 10.2 Å². The number of anilines is 2. The van der Waals surface area contributed by atoms with Crippen LogP contribution in [-0.4, -0.2) is 126 Å². The summed E-state index contributed by atoms with van der Waals surface area (Å²) in [6, 6.07) is 0. The molecule has 2 aliphatic rings. The number of hydrogen-bond donors (Lipinski definition) is 3. The maximum absolute atomic E-state index is 11.4. The van der Waals surface area contributed by atoms with Gasteiger partial charge in [-0.25, -0.2) is 4.98 Å². The molecule has 0 bridgehead atoms. The summed E-state index contributed by atoms with van der Waals surface area (Å²) in [6.07, 6.45) is -2.90. The zero-order valence-corrected chi connectivity index (χ0v) is 21.8. The lowest BCUT2D eigenvalue weighted by Crippen LogP contribution is -2.39. The van der Waals surface area contributed by atoms with Gasteiger partial charge < -0.3 is 34.6 Å². The van der Waals surface area contributed by atoms with Crippen molar-refractivity contribution in [3.05, 3.63) is 12.2 Å². The van der Waals surface area contributed by atoms with E-state index >= 15 is 0 Å². The van der Waals surface area contributed by atoms with Crippen molar-refractivity contribution in [1.29, 1.82) is 0 Å². The molecule has 4 atom stereocenters. The van der Waals surface area contributed by atoms with Crippen molar-refractivity contribution in [3.8, 4) is 0 Å². The Bertz CT molecular complexity index is 1240. The Kier molecular flexibility index (Phi) is 8.41. The Balaban J connectivity index is 1.47. The van der Waals surface area contributed by atoms with Crippen LogP contribution in [0.4, 0.5) is 11.8 Å². The Labute approximate surface area is 223 Å². The highest BCUT2D eigenvalue weighted by Crippen LogP contribution is 2.40. The van der Waals surface area contributed by atoms with Crippen molar-refractivity contribution in [2.75, 3.05) is 62.9 Å². The summed E-state index contributed by atoms with van der Waals surface area (Å²) in [5.41, 5.74) is 0.773. The Hall–Kier alpha value is -3.51. The number of ether oxygens (including phenoxy) is 3. The summed E-state index contributed by atoms with van der Waals surface area (Å²) in [6.45, 7) is 9.15. The zero-order valence-electron chi connectivity index (χ0n) is 21.8. The Morgan fingerprint density at radius 1 is 1.28 bits per heavy atom. The fourth-order valence-corrected chi connectivity index (χ4v) is 4.66. The van der Waals surface area contributed by atoms with E-state index in [1.165, 1.54) is 11.1 Å². The van der Waals surface area contributed by atoms with E-state index in [0.717, 1.165) is 19.6 Å². The van der Waals surface area contributed by atoms with Crippen molar-refractivity contribution < 1.29 is 29.2 Å². The topological polar surface area (TPSA) is 191 Å². The second kappa shape index (κ2) is 12.1. The van der Waals surface area contributed by atoms with Crippen molar-refractivity contribution in [2.45, 2.75) is 44.9 Å². The number of carbonyl (C=O) groups is 1. The van der Waals surface area contributed by atoms with Crippen LogP contribution in [0.3, 0.4) is 0 Å². The molecule has 2 aliphatic heterocycles. The van der Waals surface area contributed by atoms with E-state index in [9.17, 15) is 15.0 Å². The second-order valence-corrected chi connectivity index (χ2v) is 9.04. The number of hydrogen-bond acceptors (Lipinski definition) is 15. The first-order valence-corrected chi connectivity index (χ1v) is 12.9. The minimum atomic E-state index is -1.27. The molecule has 0 saturated carbocycles. The SMILES string of the molecule is CCN(CO)c1nc(NCCN2CCOCC2)nc2c1ncn2[C@@H]1O[C@H](c2nnn(CC)n2)[C@@H](O)[C@H]1OC=O. The highest BCUT2D eigenvalue weighted by molar-refractivity contribution is 5.85. The minimum Gasteiger partial charge on any atom is -0.457 e. The van der Waals surface area contributed by atoms with Gasteiger partial charge in [-0.2, -0.15) is 14.8 Å². The molecular weight excluding hydrogens is 514 g/mol. The Morgan fingerprint density at radius 3 is 2.79 bits per heavy atom. The minimum absolute atomic E-state index is 0.161. The van der Waals surface area contributed by atoms with E-state index in [1.807, 2.05) is 13.8 Å². The molecule has 3 N–H and O–H groups in total. The van der Waals surface area contributed by atoms with Crippen LogP contribution in [0.25, 0.3) is 11.2 Å². The highest BCUT2D eigenvalue weighted by Gasteiger charge is 2.49. The molecule has 212 valence electrons. The maximum atomic E-state index is 11.4. The monoisotopic (exact) mass is 547 g/mol. The molecule has 0 radical (unpaired) electrons. The van der Waals surface area contributed by atoms with Crippen molar-refractivity contribution >= 4 is 29.4 Å². The quantitative estimate of drug-likeness (QED) is 0.176. The number of aromatic nitrogens is 8. The van der Waals surface area contributed by atoms with Crippen molar-refractivity contribution in [2.24, 2.45) is 0 Å². The van der Waals surface area contributed by atoms with Crippen molar-refractivity contribution in [1.82, 2.24) is 44.6 Å². The molecule has 0 aromatic carbocycles. The van der Waals surface area contributed by atoms with Gasteiger partial charge in [-0.1, -0.05) is 0 Å². The highest BCUT2D eigenvalue weighted by atomic mass is 16.6. The third-order valence-corrected chi connectivity index (χ3v) is 6.78. The number of aliphatic hydroxyl groups is 2. The number of aliphatic hydroxyl groups excluding tert-OH is 2. The number of morpholine rings is 1. The fraction of sp³-hybridized carbons (Fsp3) is 0.682. The molecular formula is C22H33N11O6. The molecule has 0 amide bonds. The first-order valence-electron chi connectivity index (χ1n) is 12.9. The number of rotatable bonds is 12. The summed E-state index contributed by atoms with van der Waals surface area (Å²) in [4.78, 5) is 30.5. The van der Waals surface area contributed by atoms with E-state index in [4.69, 9.17) is 14.2 Å². The van der Waals surface area contributed by atoms with Gasteiger partial charge in [0.2, 0.25) is 11.8 Å². The molecule has 17 heteroatoms. The van der Waals surface area contributed by atoms with Gasteiger partial charge in [0.25, 0.3) is 6.47 Å². The van der Waals surface area contributed by atoms with Gasteiger partial charge >= 0.3 is 0 Å². The molecule has 2 saturated heterocycles. The molecule has 17 nitrogen and oxygen atoms in total. The Morgan fingerprint density at radius 2 is 2.10 bits per heavy atom. The van der Waals surface area contributed by atoms with Crippen molar-refractivity contribution in [3.63, 3.8) is 0 Å². The van der Waals surface area contributed by atoms with Gasteiger partial charge in [-0.15, -0.1) is 10.2 Å². The van der Waals surface area contributed by atoms with Gasteiger partial charge in [0.1, 0.15) is 12.8 Å². The van der Waals surface area contributed by atoms with Gasteiger partial charge in [0.15, 0.2) is 35.4 Å². The molecule has 5 rings (SSSR count). The average molecular weight is 548 g/mol. The number of tetrazole rings is 1. The number of nitrogens with zero attached hydrogens (tertiary/aromatic N) is 10. The molecule has 5 heterocycles. The average Bonchev–Trinajstić information content (AvgIpc) is 3.68. The van der Waals surface area contributed by atoms with E-state index in [-0.39, 0.29) is 19.0 Å². The number of fused-ring (bicyclic) bond motifs is 1. The smallest absolute Gasteiger partial charge is 0.293 e. The molecule has 3 aromatic rings. The predicted octanol–water partition coefficient (Wildman–Crippen LogP) is -1.47. The van der Waals surface area contributed by atoms with E-state index in [2.05, 4.69) is 40.6 Å². The van der Waals surface area contributed by atoms with Crippen LogP contribution in [0.2, 0.25) is 0 Å². The summed E-state index contributed by atoms with van der Waals surface area (Å²) >= 11 is 0. The summed E-state index contributed by atoms with van der Waals surface area (Å²) in [5, 5.41) is 36.4. The molecule has 0 aliphatic carbocycles. The molecule has 2 fully saturated rings. The lowest BCUT2D eigenvalue weighted by Gasteiger charge is -2.26. The van der Waals surface area contributed by atoms with Crippen LogP contribution in [-0.2, 0) is 25.5 Å². The normalized spacial score (nSPS) is 23.8. The van der Waals surface area contributed by atoms with Gasteiger partial charge in [-0.3, -0.25) is 14.3 Å². The fourth-order valence-electron chi connectivity index (χ4n) is 4.66. The number of nitrogens with one attached hydrogen (secondary N) is 1. The molecule has 3 aromatic heterocycles. The van der Waals surface area contributed by atoms with E-state index in [1.54, 1.807) is 9.47 Å². The van der Waals surface area contributed by atoms with Crippen LogP contribution in [0.1, 0.15) is 32.0 Å². The number of carbonyl (C=O) groups excluding carboxylic acids is 1. The van der Waals surface area contributed by atoms with Crippen LogP contribution in [0, 0.1) is 0 Å². The molecule has 39 heavy (non-hydrogen) atoms. The molecule has 0 unspecified atom stereocenters. The standard InChI is InChI=1S/C22H33N11O6/c1-3-31(12-34)19-14-20(26-22(25-19)23-5-6-30-7-9-37-10-8-30)32(11-24-14)21-17(38-13-35)15(36)16(39-21)18-27-29-33(4-2)28-18/h11,13,15-17,21,34,36H,3-10,12H2,1-2H3,(H,23,25,26)/t15-,16+,17-,21-/m1/s1. The van der Waals surface area contributed by atoms with Crippen LogP contribution in [0.5, 0.6) is 0 Å².